The standard InChI is InChI=1S/C14H19N5O2S/c1-9(20)6-19-5-4-10(7-19)21-13-11-12(15-8-16-13)18(2)14(17-11)22-3/h8,10H,4-7H2,1-3H3. The maximum Gasteiger partial charge on any atom is 0.245 e. The monoisotopic (exact) mass is 321 g/mol. The number of carbonyl (C=O) groups is 1. The smallest absolute Gasteiger partial charge is 0.245 e. The Bertz CT molecular complexity index is 702. The number of hydrogen-bond acceptors (Lipinski definition) is 7. The van der Waals surface area contributed by atoms with Crippen LogP contribution in [0.15, 0.2) is 11.5 Å². The molecule has 0 aliphatic carbocycles. The van der Waals surface area contributed by atoms with Crippen LogP contribution >= 0.6 is 11.8 Å². The molecule has 3 rings (SSSR count). The number of fused-ring (bicyclic) bond motifs is 1. The summed E-state index contributed by atoms with van der Waals surface area (Å²) in [7, 11) is 1.93. The van der Waals surface area contributed by atoms with Gasteiger partial charge < -0.3 is 9.30 Å². The minimum absolute atomic E-state index is 0.0391. The highest BCUT2D eigenvalue weighted by Crippen LogP contribution is 2.26. The van der Waals surface area contributed by atoms with Gasteiger partial charge in [-0.25, -0.2) is 9.97 Å². The number of ether oxygens (including phenoxy) is 1. The summed E-state index contributed by atoms with van der Waals surface area (Å²) in [6.07, 6.45) is 4.41. The molecule has 1 unspecified atom stereocenters. The molecule has 22 heavy (non-hydrogen) atoms. The first-order valence-corrected chi connectivity index (χ1v) is 8.41. The Morgan fingerprint density at radius 2 is 2.32 bits per heavy atom. The van der Waals surface area contributed by atoms with Crippen molar-refractivity contribution in [3.05, 3.63) is 6.33 Å². The van der Waals surface area contributed by atoms with Crippen LogP contribution in [0.1, 0.15) is 13.3 Å². The van der Waals surface area contributed by atoms with Crippen LogP contribution in [-0.4, -0.2) is 62.2 Å². The molecule has 0 aromatic carbocycles. The van der Waals surface area contributed by atoms with Crippen molar-refractivity contribution in [3.63, 3.8) is 0 Å². The normalized spacial score (nSPS) is 19.0. The van der Waals surface area contributed by atoms with Crippen LogP contribution in [0.4, 0.5) is 0 Å². The molecule has 0 radical (unpaired) electrons. The summed E-state index contributed by atoms with van der Waals surface area (Å²) in [5, 5.41) is 0.880. The number of ketones is 1. The third kappa shape index (κ3) is 2.93. The molecule has 0 bridgehead atoms. The van der Waals surface area contributed by atoms with Gasteiger partial charge in [-0.1, -0.05) is 11.8 Å². The van der Waals surface area contributed by atoms with Crippen LogP contribution < -0.4 is 4.74 Å². The molecule has 7 nitrogen and oxygen atoms in total. The lowest BCUT2D eigenvalue weighted by Crippen LogP contribution is -2.29. The molecular weight excluding hydrogens is 302 g/mol. The van der Waals surface area contributed by atoms with Crippen LogP contribution in [0.3, 0.4) is 0 Å². The molecule has 118 valence electrons. The third-order valence-electron chi connectivity index (χ3n) is 3.72. The van der Waals surface area contributed by atoms with E-state index in [1.807, 2.05) is 17.9 Å². The summed E-state index contributed by atoms with van der Waals surface area (Å²) in [4.78, 5) is 26.4. The largest absolute Gasteiger partial charge is 0.471 e. The lowest BCUT2D eigenvalue weighted by atomic mass is 10.3. The van der Waals surface area contributed by atoms with Gasteiger partial charge in [0.2, 0.25) is 5.88 Å². The van der Waals surface area contributed by atoms with Crippen molar-refractivity contribution < 1.29 is 9.53 Å². The number of likely N-dealkylation sites (tertiary alicyclic amines) is 1. The second-order valence-corrected chi connectivity index (χ2v) is 6.25. The SMILES string of the molecule is CSc1nc2c(OC3CCN(CC(C)=O)C3)ncnc2n1C. The van der Waals surface area contributed by atoms with Crippen LogP contribution in [-0.2, 0) is 11.8 Å². The zero-order valence-corrected chi connectivity index (χ0v) is 13.8. The number of nitrogens with zero attached hydrogens (tertiary/aromatic N) is 5. The van der Waals surface area contributed by atoms with Gasteiger partial charge in [0.1, 0.15) is 18.2 Å². The number of imidazole rings is 1. The molecule has 0 N–H and O–H groups in total. The topological polar surface area (TPSA) is 73.1 Å². The zero-order valence-electron chi connectivity index (χ0n) is 12.9. The predicted octanol–water partition coefficient (Wildman–Crippen LogP) is 1.13. The molecule has 2 aromatic heterocycles. The van der Waals surface area contributed by atoms with Crippen molar-refractivity contribution in [2.45, 2.75) is 24.6 Å². The first kappa shape index (κ1) is 15.2. The highest BCUT2D eigenvalue weighted by atomic mass is 32.2. The summed E-state index contributed by atoms with van der Waals surface area (Å²) < 4.78 is 7.96. The van der Waals surface area contributed by atoms with Gasteiger partial charge in [0.25, 0.3) is 0 Å². The maximum atomic E-state index is 11.2. The van der Waals surface area contributed by atoms with E-state index < -0.39 is 0 Å². The quantitative estimate of drug-likeness (QED) is 0.764. The van der Waals surface area contributed by atoms with Gasteiger partial charge >= 0.3 is 0 Å². The average molecular weight is 321 g/mol. The molecule has 0 spiro atoms. The van der Waals surface area contributed by atoms with Gasteiger partial charge in [-0.3, -0.25) is 9.69 Å². The van der Waals surface area contributed by atoms with Gasteiger partial charge in [-0.2, -0.15) is 4.98 Å². The van der Waals surface area contributed by atoms with Gasteiger partial charge in [-0.05, 0) is 19.6 Å². The second kappa shape index (κ2) is 6.21. The minimum Gasteiger partial charge on any atom is -0.471 e. The summed E-state index contributed by atoms with van der Waals surface area (Å²) in [5.74, 6) is 0.704. The van der Waals surface area contributed by atoms with E-state index >= 15 is 0 Å². The van der Waals surface area contributed by atoms with E-state index in [-0.39, 0.29) is 11.9 Å². The fourth-order valence-corrected chi connectivity index (χ4v) is 3.28. The summed E-state index contributed by atoms with van der Waals surface area (Å²) in [6.45, 7) is 3.71. The Kier molecular flexibility index (Phi) is 4.30. The van der Waals surface area contributed by atoms with Crippen LogP contribution in [0.25, 0.3) is 11.2 Å². The van der Waals surface area contributed by atoms with Crippen molar-refractivity contribution >= 4 is 28.7 Å². The van der Waals surface area contributed by atoms with E-state index in [4.69, 9.17) is 4.74 Å². The van der Waals surface area contributed by atoms with Crippen LogP contribution in [0.2, 0.25) is 0 Å². The zero-order chi connectivity index (χ0) is 15.7. The third-order valence-corrected chi connectivity index (χ3v) is 4.45. The Morgan fingerprint density at radius 3 is 3.05 bits per heavy atom. The Morgan fingerprint density at radius 1 is 1.50 bits per heavy atom. The van der Waals surface area contributed by atoms with E-state index in [0.29, 0.717) is 17.9 Å². The fraction of sp³-hybridized carbons (Fsp3) is 0.571. The van der Waals surface area contributed by atoms with Gasteiger partial charge in [0.05, 0.1) is 6.54 Å². The van der Waals surface area contributed by atoms with E-state index in [1.165, 1.54) is 6.33 Å². The lowest BCUT2D eigenvalue weighted by molar-refractivity contribution is -0.117. The van der Waals surface area contributed by atoms with Crippen LogP contribution in [0.5, 0.6) is 5.88 Å². The molecule has 8 heteroatoms. The number of thioether (sulfide) groups is 1. The Balaban J connectivity index is 1.79. The molecule has 1 atom stereocenters. The summed E-state index contributed by atoms with van der Waals surface area (Å²) in [6, 6.07) is 0. The van der Waals surface area contributed by atoms with Gasteiger partial charge in [0.15, 0.2) is 16.3 Å². The number of aromatic nitrogens is 4. The van der Waals surface area contributed by atoms with Crippen molar-refractivity contribution in [1.82, 2.24) is 24.4 Å². The van der Waals surface area contributed by atoms with Gasteiger partial charge in [0, 0.05) is 20.1 Å². The molecule has 1 aliphatic heterocycles. The van der Waals surface area contributed by atoms with Crippen molar-refractivity contribution in [2.24, 2.45) is 7.05 Å². The Hall–Kier alpha value is -1.67. The van der Waals surface area contributed by atoms with Crippen molar-refractivity contribution in [2.75, 3.05) is 25.9 Å². The Labute approximate surface area is 133 Å². The molecule has 1 fully saturated rings. The summed E-state index contributed by atoms with van der Waals surface area (Å²) >= 11 is 1.56. The molecule has 1 saturated heterocycles. The maximum absolute atomic E-state index is 11.2. The molecule has 2 aromatic rings. The number of Topliss-reactive ketones (excluding diaryl/α,β-unsaturated/α-hetero) is 1. The van der Waals surface area contributed by atoms with E-state index in [0.717, 1.165) is 30.3 Å². The molecule has 1 aliphatic rings. The number of aryl methyl sites for hydroxylation is 1. The highest BCUT2D eigenvalue weighted by molar-refractivity contribution is 7.98. The predicted molar refractivity (Wildman–Crippen MR) is 84.2 cm³/mol. The first-order chi connectivity index (χ1) is 10.6. The second-order valence-electron chi connectivity index (χ2n) is 5.47. The number of carbonyl (C=O) groups excluding carboxylic acids is 1. The fourth-order valence-electron chi connectivity index (χ4n) is 2.74. The van der Waals surface area contributed by atoms with Gasteiger partial charge in [-0.15, -0.1) is 0 Å². The molecular formula is C14H19N5O2S. The van der Waals surface area contributed by atoms with Crippen molar-refractivity contribution in [1.29, 1.82) is 0 Å². The van der Waals surface area contributed by atoms with Crippen LogP contribution in [0, 0.1) is 0 Å². The van der Waals surface area contributed by atoms with E-state index in [2.05, 4.69) is 19.9 Å². The van der Waals surface area contributed by atoms with Crippen molar-refractivity contribution in [3.8, 4) is 5.88 Å². The summed E-state index contributed by atoms with van der Waals surface area (Å²) in [5.41, 5.74) is 1.47. The molecule has 0 saturated carbocycles. The van der Waals surface area contributed by atoms with E-state index in [1.54, 1.807) is 18.7 Å². The molecule has 3 heterocycles. The number of hydrogen-bond donors (Lipinski definition) is 0. The molecule has 0 amide bonds. The lowest BCUT2D eigenvalue weighted by Gasteiger charge is -2.15. The van der Waals surface area contributed by atoms with E-state index in [9.17, 15) is 4.79 Å². The minimum atomic E-state index is 0.0391. The average Bonchev–Trinajstić information content (AvgIpc) is 3.04. The number of rotatable bonds is 5. The highest BCUT2D eigenvalue weighted by Gasteiger charge is 2.26. The first-order valence-electron chi connectivity index (χ1n) is 7.18.